The molecule has 3 nitrogen and oxygen atoms in total. The molecule has 0 saturated heterocycles. The second kappa shape index (κ2) is 4.75. The van der Waals surface area contributed by atoms with Crippen molar-refractivity contribution in [2.75, 3.05) is 11.6 Å². The summed E-state index contributed by atoms with van der Waals surface area (Å²) in [7, 11) is -3.24. The quantitative estimate of drug-likeness (QED) is 0.745. The van der Waals surface area contributed by atoms with Crippen molar-refractivity contribution in [3.63, 3.8) is 0 Å². The van der Waals surface area contributed by atoms with Crippen molar-refractivity contribution < 1.29 is 8.42 Å². The van der Waals surface area contributed by atoms with Gasteiger partial charge < -0.3 is 0 Å². The van der Waals surface area contributed by atoms with Crippen molar-refractivity contribution in [2.45, 2.75) is 18.4 Å². The lowest BCUT2D eigenvalue weighted by molar-refractivity contribution is 0.590. The first-order valence-corrected chi connectivity index (χ1v) is 6.47. The molecule has 1 aromatic heterocycles. The van der Waals surface area contributed by atoms with Crippen LogP contribution in [0.4, 0.5) is 0 Å². The maximum atomic E-state index is 11.6. The van der Waals surface area contributed by atoms with Crippen LogP contribution in [0.25, 0.3) is 0 Å². The maximum absolute atomic E-state index is 11.6. The summed E-state index contributed by atoms with van der Waals surface area (Å²) in [5.74, 6) is 0.415. The Balaban J connectivity index is 2.93. The monoisotopic (exact) mass is 233 g/mol. The van der Waals surface area contributed by atoms with E-state index >= 15 is 0 Å². The van der Waals surface area contributed by atoms with Gasteiger partial charge in [-0.25, -0.2) is 13.4 Å². The van der Waals surface area contributed by atoms with Crippen LogP contribution in [0.5, 0.6) is 0 Å². The number of aromatic nitrogens is 1. The molecule has 0 atom stereocenters. The second-order valence-corrected chi connectivity index (χ2v) is 5.41. The molecule has 0 saturated carbocycles. The number of alkyl halides is 1. The van der Waals surface area contributed by atoms with Crippen LogP contribution >= 0.6 is 11.6 Å². The molecular weight excluding hydrogens is 222 g/mol. The molecule has 0 fully saturated rings. The third-order valence-corrected chi connectivity index (χ3v) is 3.69. The van der Waals surface area contributed by atoms with E-state index in [9.17, 15) is 8.42 Å². The van der Waals surface area contributed by atoms with Crippen LogP contribution in [0.2, 0.25) is 0 Å². The molecule has 0 amide bonds. The summed E-state index contributed by atoms with van der Waals surface area (Å²) in [6.45, 7) is 1.76. The number of hydrogen-bond acceptors (Lipinski definition) is 3. The van der Waals surface area contributed by atoms with Gasteiger partial charge in [-0.1, -0.05) is 6.07 Å². The Bertz CT molecular complexity index is 403. The van der Waals surface area contributed by atoms with Crippen LogP contribution in [0, 0.1) is 6.92 Å². The van der Waals surface area contributed by atoms with Gasteiger partial charge in [0.05, 0.1) is 5.75 Å². The molecule has 1 heterocycles. The van der Waals surface area contributed by atoms with Crippen LogP contribution in [0.15, 0.2) is 23.2 Å². The Hall–Kier alpha value is -0.610. The van der Waals surface area contributed by atoms with E-state index in [0.29, 0.717) is 18.0 Å². The summed E-state index contributed by atoms with van der Waals surface area (Å²) in [5.41, 5.74) is 0.706. The third kappa shape index (κ3) is 2.96. The van der Waals surface area contributed by atoms with Gasteiger partial charge in [0.15, 0.2) is 14.9 Å². The number of hydrogen-bond donors (Lipinski definition) is 0. The lowest BCUT2D eigenvalue weighted by atomic mass is 10.4. The maximum Gasteiger partial charge on any atom is 0.195 e. The van der Waals surface area contributed by atoms with Gasteiger partial charge in [0.1, 0.15) is 0 Å². The Kier molecular flexibility index (Phi) is 3.89. The Morgan fingerprint density at radius 1 is 1.43 bits per heavy atom. The number of sulfone groups is 1. The number of nitrogens with zero attached hydrogens (tertiary/aromatic N) is 1. The normalized spacial score (nSPS) is 11.6. The highest BCUT2D eigenvalue weighted by Gasteiger charge is 2.14. The average Bonchev–Trinajstić information content (AvgIpc) is 2.15. The highest BCUT2D eigenvalue weighted by Crippen LogP contribution is 2.09. The van der Waals surface area contributed by atoms with Crippen molar-refractivity contribution in [1.29, 1.82) is 0 Å². The molecule has 0 bridgehead atoms. The molecule has 0 unspecified atom stereocenters. The molecule has 0 aromatic carbocycles. The first kappa shape index (κ1) is 11.5. The van der Waals surface area contributed by atoms with Crippen molar-refractivity contribution in [3.8, 4) is 0 Å². The molecule has 0 aliphatic carbocycles. The fourth-order valence-electron chi connectivity index (χ4n) is 1.04. The summed E-state index contributed by atoms with van der Waals surface area (Å²) in [5, 5.41) is 0.141. The van der Waals surface area contributed by atoms with E-state index in [1.165, 1.54) is 6.07 Å². The van der Waals surface area contributed by atoms with Crippen LogP contribution in [0.3, 0.4) is 0 Å². The van der Waals surface area contributed by atoms with Crippen LogP contribution in [-0.4, -0.2) is 25.0 Å². The molecule has 0 spiro atoms. The van der Waals surface area contributed by atoms with Gasteiger partial charge in [-0.05, 0) is 25.5 Å². The highest BCUT2D eigenvalue weighted by molar-refractivity contribution is 7.91. The van der Waals surface area contributed by atoms with Gasteiger partial charge in [0, 0.05) is 11.6 Å². The minimum Gasteiger partial charge on any atom is -0.242 e. The first-order valence-electron chi connectivity index (χ1n) is 4.28. The van der Waals surface area contributed by atoms with Gasteiger partial charge >= 0.3 is 0 Å². The number of aryl methyl sites for hydroxylation is 1. The van der Waals surface area contributed by atoms with Gasteiger partial charge in [-0.15, -0.1) is 11.6 Å². The number of rotatable bonds is 4. The zero-order chi connectivity index (χ0) is 10.6. The lowest BCUT2D eigenvalue weighted by Crippen LogP contribution is -2.09. The zero-order valence-corrected chi connectivity index (χ0v) is 9.48. The largest absolute Gasteiger partial charge is 0.242 e. The van der Waals surface area contributed by atoms with Gasteiger partial charge in [-0.2, -0.15) is 0 Å². The topological polar surface area (TPSA) is 47.0 Å². The molecule has 1 rings (SSSR count). The SMILES string of the molecule is Cc1cccc(S(=O)(=O)CCCCl)n1. The molecule has 78 valence electrons. The van der Waals surface area contributed by atoms with Crippen LogP contribution in [-0.2, 0) is 9.84 Å². The molecule has 5 heteroatoms. The standard InChI is InChI=1S/C9H12ClNO2S/c1-8-4-2-5-9(11-8)14(12,13)7-3-6-10/h2,4-5H,3,6-7H2,1H3. The third-order valence-electron chi connectivity index (χ3n) is 1.73. The minimum absolute atomic E-state index is 0.0625. The van der Waals surface area contributed by atoms with Crippen LogP contribution in [0.1, 0.15) is 12.1 Å². The average molecular weight is 234 g/mol. The molecule has 0 aliphatic heterocycles. The van der Waals surface area contributed by atoms with E-state index in [2.05, 4.69) is 4.98 Å². The smallest absolute Gasteiger partial charge is 0.195 e. The predicted octanol–water partition coefficient (Wildman–Crippen LogP) is 1.79. The van der Waals surface area contributed by atoms with Crippen LogP contribution < -0.4 is 0 Å². The van der Waals surface area contributed by atoms with E-state index in [1.54, 1.807) is 19.1 Å². The summed E-state index contributed by atoms with van der Waals surface area (Å²) >= 11 is 5.44. The summed E-state index contributed by atoms with van der Waals surface area (Å²) in [6.07, 6.45) is 0.458. The highest BCUT2D eigenvalue weighted by atomic mass is 35.5. The molecule has 14 heavy (non-hydrogen) atoms. The van der Waals surface area contributed by atoms with E-state index in [1.807, 2.05) is 0 Å². The van der Waals surface area contributed by atoms with Gasteiger partial charge in [-0.3, -0.25) is 0 Å². The zero-order valence-electron chi connectivity index (χ0n) is 7.90. The van der Waals surface area contributed by atoms with Crippen molar-refractivity contribution in [1.82, 2.24) is 4.98 Å². The van der Waals surface area contributed by atoms with Gasteiger partial charge in [0.2, 0.25) is 0 Å². The molecule has 0 aliphatic rings. The first-order chi connectivity index (χ1) is 6.56. The fourth-order valence-corrected chi connectivity index (χ4v) is 2.63. The molecule has 1 aromatic rings. The number of pyridine rings is 1. The predicted molar refractivity (Wildman–Crippen MR) is 56.4 cm³/mol. The van der Waals surface area contributed by atoms with E-state index in [0.717, 1.165) is 0 Å². The summed E-state index contributed by atoms with van der Waals surface area (Å²) < 4.78 is 23.2. The summed E-state index contributed by atoms with van der Waals surface area (Å²) in [4.78, 5) is 3.97. The van der Waals surface area contributed by atoms with E-state index in [4.69, 9.17) is 11.6 Å². The Morgan fingerprint density at radius 3 is 2.71 bits per heavy atom. The van der Waals surface area contributed by atoms with Crippen molar-refractivity contribution in [3.05, 3.63) is 23.9 Å². The second-order valence-electron chi connectivity index (χ2n) is 2.98. The summed E-state index contributed by atoms with van der Waals surface area (Å²) in [6, 6.07) is 4.97. The molecule has 0 radical (unpaired) electrons. The molecule has 0 N–H and O–H groups in total. The van der Waals surface area contributed by atoms with Gasteiger partial charge in [0.25, 0.3) is 0 Å². The Morgan fingerprint density at radius 2 is 2.14 bits per heavy atom. The lowest BCUT2D eigenvalue weighted by Gasteiger charge is -2.02. The van der Waals surface area contributed by atoms with E-state index in [-0.39, 0.29) is 10.8 Å². The molecular formula is C9H12ClNO2S. The fraction of sp³-hybridized carbons (Fsp3) is 0.444. The number of halogens is 1. The van der Waals surface area contributed by atoms with Crippen molar-refractivity contribution in [2.24, 2.45) is 0 Å². The van der Waals surface area contributed by atoms with Crippen molar-refractivity contribution >= 4 is 21.4 Å². The minimum atomic E-state index is -3.24. The Labute approximate surface area is 89.0 Å². The van der Waals surface area contributed by atoms with E-state index < -0.39 is 9.84 Å².